The van der Waals surface area contributed by atoms with Gasteiger partial charge in [0.1, 0.15) is 0 Å². The molecular weight excluding hydrogens is 590 g/mol. The highest BCUT2D eigenvalue weighted by atomic mass is 16.5. The monoisotopic (exact) mass is 627 g/mol. The highest BCUT2D eigenvalue weighted by Gasteiger charge is 2.40. The van der Waals surface area contributed by atoms with Crippen molar-refractivity contribution >= 4 is 54.9 Å². The topological polar surface area (TPSA) is 30.9 Å². The Kier molecular flexibility index (Phi) is 6.87. The van der Waals surface area contributed by atoms with Crippen LogP contribution in [0.2, 0.25) is 0 Å². The van der Waals surface area contributed by atoms with Crippen molar-refractivity contribution in [3.05, 3.63) is 144 Å². The van der Waals surface area contributed by atoms with E-state index < -0.39 is 5.60 Å². The molecule has 7 aromatic rings. The molecule has 2 heterocycles. The first-order valence-corrected chi connectivity index (χ1v) is 17.0. The Morgan fingerprint density at radius 3 is 1.96 bits per heavy atom. The van der Waals surface area contributed by atoms with Crippen LogP contribution >= 0.6 is 0 Å². The van der Waals surface area contributed by atoms with Crippen molar-refractivity contribution in [2.75, 3.05) is 31.2 Å². The summed E-state index contributed by atoms with van der Waals surface area (Å²) in [6.45, 7) is 7.39. The first kappa shape index (κ1) is 28.9. The van der Waals surface area contributed by atoms with Crippen molar-refractivity contribution in [3.63, 3.8) is 0 Å². The van der Waals surface area contributed by atoms with Crippen LogP contribution in [0.1, 0.15) is 30.5 Å². The molecule has 4 nitrogen and oxygen atoms in total. The van der Waals surface area contributed by atoms with Gasteiger partial charge in [0.15, 0.2) is 17.1 Å². The first-order valence-electron chi connectivity index (χ1n) is 17.0. The lowest BCUT2D eigenvalue weighted by Crippen LogP contribution is -2.37. The SMILES string of the molecule is CC(C)Oc1cc2c3ccccc3c3ccccc3c2c2c1OC(c1ccccc1)(c1ccc(N3CCOCC3)c3ccccc13)C=C2. The van der Waals surface area contributed by atoms with Gasteiger partial charge in [-0.25, -0.2) is 0 Å². The third-order valence-electron chi connectivity index (χ3n) is 9.95. The summed E-state index contributed by atoms with van der Waals surface area (Å²) < 4.78 is 19.9. The van der Waals surface area contributed by atoms with Crippen LogP contribution in [0.15, 0.2) is 127 Å². The van der Waals surface area contributed by atoms with Gasteiger partial charge in [-0.15, -0.1) is 0 Å². The van der Waals surface area contributed by atoms with Gasteiger partial charge in [-0.05, 0) is 70.4 Å². The standard InChI is InChI=1S/C44H37NO3/c1-29(2)47-41-28-38-33-16-7-6-14-31(33)32-15-8-11-19-36(32)42(38)37-22-23-44(48-43(37)41,30-12-4-3-5-13-30)39-20-21-40(45-24-26-46-27-25-45)35-18-10-9-17-34(35)39/h3-23,28-29H,24-27H2,1-2H3. The molecule has 0 amide bonds. The van der Waals surface area contributed by atoms with Crippen molar-refractivity contribution in [3.8, 4) is 11.5 Å². The molecule has 0 spiro atoms. The van der Waals surface area contributed by atoms with Gasteiger partial charge in [-0.2, -0.15) is 0 Å². The molecule has 0 N–H and O–H groups in total. The van der Waals surface area contributed by atoms with Crippen molar-refractivity contribution in [1.29, 1.82) is 0 Å². The second-order valence-corrected chi connectivity index (χ2v) is 13.1. The van der Waals surface area contributed by atoms with Crippen LogP contribution < -0.4 is 14.4 Å². The van der Waals surface area contributed by atoms with Gasteiger partial charge < -0.3 is 19.1 Å². The maximum absolute atomic E-state index is 7.54. The van der Waals surface area contributed by atoms with E-state index in [9.17, 15) is 0 Å². The zero-order valence-corrected chi connectivity index (χ0v) is 27.3. The maximum atomic E-state index is 7.54. The molecule has 1 saturated heterocycles. The fraction of sp³-hybridized carbons (Fsp3) is 0.182. The molecule has 1 atom stereocenters. The number of fused-ring (bicyclic) bond motifs is 9. The van der Waals surface area contributed by atoms with E-state index in [1.807, 2.05) is 0 Å². The fourth-order valence-corrected chi connectivity index (χ4v) is 7.88. The molecule has 4 heteroatoms. The van der Waals surface area contributed by atoms with Crippen molar-refractivity contribution in [1.82, 2.24) is 0 Å². The van der Waals surface area contributed by atoms with E-state index in [1.165, 1.54) is 48.8 Å². The predicted octanol–water partition coefficient (Wildman–Crippen LogP) is 10.3. The normalized spacial score (nSPS) is 17.7. The van der Waals surface area contributed by atoms with Crippen LogP contribution in [0.3, 0.4) is 0 Å². The predicted molar refractivity (Wildman–Crippen MR) is 199 cm³/mol. The molecule has 0 radical (unpaired) electrons. The Hall–Kier alpha value is -5.32. The number of benzene rings is 7. The van der Waals surface area contributed by atoms with Crippen LogP contribution in [0.4, 0.5) is 5.69 Å². The van der Waals surface area contributed by atoms with Gasteiger partial charge in [0.2, 0.25) is 0 Å². The van der Waals surface area contributed by atoms with Crippen LogP contribution in [0.5, 0.6) is 11.5 Å². The minimum absolute atomic E-state index is 0.0347. The average molecular weight is 628 g/mol. The second kappa shape index (κ2) is 11.4. The van der Waals surface area contributed by atoms with Crippen LogP contribution in [-0.4, -0.2) is 32.4 Å². The Balaban J connectivity index is 1.35. The number of ether oxygens (including phenoxy) is 3. The van der Waals surface area contributed by atoms with E-state index in [0.717, 1.165) is 54.5 Å². The lowest BCUT2D eigenvalue weighted by molar-refractivity contribution is 0.123. The Morgan fingerprint density at radius 2 is 1.25 bits per heavy atom. The van der Waals surface area contributed by atoms with E-state index >= 15 is 0 Å². The molecule has 0 aromatic heterocycles. The largest absolute Gasteiger partial charge is 0.487 e. The highest BCUT2D eigenvalue weighted by molar-refractivity contribution is 6.27. The number of hydrogen-bond donors (Lipinski definition) is 0. The molecule has 2 aliphatic heterocycles. The molecular formula is C44H37NO3. The lowest BCUT2D eigenvalue weighted by atomic mass is 9.80. The van der Waals surface area contributed by atoms with E-state index in [2.05, 4.69) is 152 Å². The Bertz CT molecular complexity index is 2370. The maximum Gasteiger partial charge on any atom is 0.178 e. The van der Waals surface area contributed by atoms with E-state index in [4.69, 9.17) is 14.2 Å². The summed E-state index contributed by atoms with van der Waals surface area (Å²) in [7, 11) is 0. The van der Waals surface area contributed by atoms with Gasteiger partial charge in [0.25, 0.3) is 0 Å². The summed E-state index contributed by atoms with van der Waals surface area (Å²) in [6, 6.07) is 43.5. The molecule has 0 saturated carbocycles. The van der Waals surface area contributed by atoms with Crippen molar-refractivity contribution < 1.29 is 14.2 Å². The summed E-state index contributed by atoms with van der Waals surface area (Å²) in [4.78, 5) is 2.44. The third kappa shape index (κ3) is 4.47. The molecule has 1 unspecified atom stereocenters. The molecule has 1 fully saturated rings. The molecule has 0 bridgehead atoms. The van der Waals surface area contributed by atoms with Crippen LogP contribution in [0, 0.1) is 0 Å². The van der Waals surface area contributed by atoms with Crippen LogP contribution in [-0.2, 0) is 10.3 Å². The highest BCUT2D eigenvalue weighted by Crippen LogP contribution is 2.52. The second-order valence-electron chi connectivity index (χ2n) is 13.1. The van der Waals surface area contributed by atoms with Gasteiger partial charge in [0.05, 0.1) is 19.3 Å². The smallest absolute Gasteiger partial charge is 0.178 e. The van der Waals surface area contributed by atoms with Gasteiger partial charge in [-0.3, -0.25) is 0 Å². The summed E-state index contributed by atoms with van der Waals surface area (Å²) >= 11 is 0. The summed E-state index contributed by atoms with van der Waals surface area (Å²) in [5, 5.41) is 9.62. The Morgan fingerprint density at radius 1 is 0.646 bits per heavy atom. The quantitative estimate of drug-likeness (QED) is 0.178. The summed E-state index contributed by atoms with van der Waals surface area (Å²) in [5.41, 5.74) is 3.55. The molecule has 0 aliphatic carbocycles. The van der Waals surface area contributed by atoms with Gasteiger partial charge >= 0.3 is 0 Å². The van der Waals surface area contributed by atoms with E-state index in [0.29, 0.717) is 0 Å². The minimum Gasteiger partial charge on any atom is -0.487 e. The Labute approximate surface area is 280 Å². The number of nitrogens with zero attached hydrogens (tertiary/aromatic N) is 1. The fourth-order valence-electron chi connectivity index (χ4n) is 7.88. The average Bonchev–Trinajstić information content (AvgIpc) is 3.15. The van der Waals surface area contributed by atoms with Gasteiger partial charge in [0, 0.05) is 46.2 Å². The van der Waals surface area contributed by atoms with Gasteiger partial charge in [-0.1, -0.05) is 109 Å². The lowest BCUT2D eigenvalue weighted by Gasteiger charge is -2.39. The molecule has 48 heavy (non-hydrogen) atoms. The van der Waals surface area contributed by atoms with E-state index in [1.54, 1.807) is 0 Å². The van der Waals surface area contributed by atoms with Crippen molar-refractivity contribution in [2.24, 2.45) is 0 Å². The first-order chi connectivity index (χ1) is 23.6. The van der Waals surface area contributed by atoms with Crippen LogP contribution in [0.25, 0.3) is 49.2 Å². The summed E-state index contributed by atoms with van der Waals surface area (Å²) in [5.74, 6) is 1.52. The van der Waals surface area contributed by atoms with Crippen molar-refractivity contribution in [2.45, 2.75) is 25.6 Å². The zero-order chi connectivity index (χ0) is 32.2. The number of hydrogen-bond acceptors (Lipinski definition) is 4. The molecule has 236 valence electrons. The zero-order valence-electron chi connectivity index (χ0n) is 27.3. The molecule has 2 aliphatic rings. The number of morpholine rings is 1. The van der Waals surface area contributed by atoms with E-state index in [-0.39, 0.29) is 6.10 Å². The molecule has 9 rings (SSSR count). The minimum atomic E-state index is -0.896. The molecule has 7 aromatic carbocycles. The number of anilines is 1. The third-order valence-corrected chi connectivity index (χ3v) is 9.95. The summed E-state index contributed by atoms with van der Waals surface area (Å²) in [6.07, 6.45) is 4.52. The number of rotatable bonds is 5.